The summed E-state index contributed by atoms with van der Waals surface area (Å²) in [4.78, 5) is 0. The molecule has 2 N–H and O–H groups in total. The maximum atomic E-state index is 9.30. The molecule has 0 spiro atoms. The molecule has 0 aromatic rings. The first kappa shape index (κ1) is 9.21. The Balaban J connectivity index is 0.000000640. The average molecular weight is 152 g/mol. The average Bonchev–Trinajstić information content (AvgIpc) is 1.16. The molecule has 0 aliphatic carbocycles. The topological polar surface area (TPSA) is 32.3 Å². The quantitative estimate of drug-likeness (QED) is 0.569. The van der Waals surface area contributed by atoms with Crippen LogP contribution in [-0.2, 0) is 0 Å². The molecule has 9 heavy (non-hydrogen) atoms. The summed E-state index contributed by atoms with van der Waals surface area (Å²) in [6.07, 6.45) is 0. The van der Waals surface area contributed by atoms with Gasteiger partial charge in [0.1, 0.15) is 0 Å². The molecule has 0 amide bonds. The summed E-state index contributed by atoms with van der Waals surface area (Å²) in [6, 6.07) is 0. The van der Waals surface area contributed by atoms with Gasteiger partial charge in [0.25, 0.3) is 0 Å². The SMILES string of the molecule is CC(C)(O)C1CNC1.Cl. The molecule has 1 aliphatic rings. The van der Waals surface area contributed by atoms with E-state index in [4.69, 9.17) is 0 Å². The fourth-order valence-corrected chi connectivity index (χ4v) is 0.788. The Kier molecular flexibility index (Phi) is 2.93. The molecule has 0 aromatic carbocycles. The van der Waals surface area contributed by atoms with Crippen LogP contribution in [-0.4, -0.2) is 23.8 Å². The summed E-state index contributed by atoms with van der Waals surface area (Å²) >= 11 is 0. The van der Waals surface area contributed by atoms with Crippen molar-refractivity contribution in [1.82, 2.24) is 5.32 Å². The highest BCUT2D eigenvalue weighted by Gasteiger charge is 2.31. The van der Waals surface area contributed by atoms with Crippen molar-refractivity contribution < 1.29 is 5.11 Å². The summed E-state index contributed by atoms with van der Waals surface area (Å²) in [7, 11) is 0. The van der Waals surface area contributed by atoms with Crippen LogP contribution in [0.15, 0.2) is 0 Å². The lowest BCUT2D eigenvalue weighted by Crippen LogP contribution is -2.52. The lowest BCUT2D eigenvalue weighted by molar-refractivity contribution is -0.00582. The normalized spacial score (nSPS) is 20.3. The second kappa shape index (κ2) is 2.86. The minimum Gasteiger partial charge on any atom is -0.390 e. The molecule has 56 valence electrons. The predicted octanol–water partition coefficient (Wildman–Crippen LogP) is 0.399. The van der Waals surface area contributed by atoms with E-state index in [1.807, 2.05) is 13.8 Å². The van der Waals surface area contributed by atoms with E-state index < -0.39 is 5.60 Å². The van der Waals surface area contributed by atoms with E-state index in [2.05, 4.69) is 5.32 Å². The second-order valence-corrected chi connectivity index (χ2v) is 3.01. The van der Waals surface area contributed by atoms with Crippen LogP contribution in [0.1, 0.15) is 13.8 Å². The largest absolute Gasteiger partial charge is 0.390 e. The molecule has 0 aromatic heterocycles. The van der Waals surface area contributed by atoms with E-state index in [0.29, 0.717) is 5.92 Å². The van der Waals surface area contributed by atoms with Crippen LogP contribution in [0, 0.1) is 5.92 Å². The van der Waals surface area contributed by atoms with Crippen molar-refractivity contribution in [2.45, 2.75) is 19.4 Å². The molecule has 0 atom stereocenters. The van der Waals surface area contributed by atoms with Gasteiger partial charge in [-0.3, -0.25) is 0 Å². The monoisotopic (exact) mass is 151 g/mol. The maximum Gasteiger partial charge on any atom is 0.0644 e. The summed E-state index contributed by atoms with van der Waals surface area (Å²) < 4.78 is 0. The number of rotatable bonds is 1. The number of hydrogen-bond acceptors (Lipinski definition) is 2. The van der Waals surface area contributed by atoms with Crippen LogP contribution < -0.4 is 5.32 Å². The van der Waals surface area contributed by atoms with Gasteiger partial charge in [0.05, 0.1) is 5.60 Å². The zero-order valence-corrected chi connectivity index (χ0v) is 6.66. The Bertz CT molecular complexity index is 85.5. The Morgan fingerprint density at radius 3 is 1.89 bits per heavy atom. The molecule has 0 bridgehead atoms. The molecule has 0 saturated carbocycles. The smallest absolute Gasteiger partial charge is 0.0644 e. The molecular weight excluding hydrogens is 138 g/mol. The molecule has 3 heteroatoms. The van der Waals surface area contributed by atoms with Gasteiger partial charge in [-0.2, -0.15) is 0 Å². The number of hydrogen-bond donors (Lipinski definition) is 2. The molecule has 2 nitrogen and oxygen atoms in total. The second-order valence-electron chi connectivity index (χ2n) is 3.01. The maximum absolute atomic E-state index is 9.30. The minimum atomic E-state index is -0.467. The van der Waals surface area contributed by atoms with Crippen LogP contribution >= 0.6 is 12.4 Å². The van der Waals surface area contributed by atoms with E-state index in [0.717, 1.165) is 13.1 Å². The van der Waals surface area contributed by atoms with Crippen molar-refractivity contribution in [3.8, 4) is 0 Å². The Hall–Kier alpha value is 0.210. The van der Waals surface area contributed by atoms with E-state index in [1.165, 1.54) is 0 Å². The highest BCUT2D eigenvalue weighted by molar-refractivity contribution is 5.85. The minimum absolute atomic E-state index is 0. The van der Waals surface area contributed by atoms with Gasteiger partial charge in [-0.25, -0.2) is 0 Å². The third-order valence-corrected chi connectivity index (χ3v) is 1.78. The number of halogens is 1. The van der Waals surface area contributed by atoms with Gasteiger partial charge in [0.15, 0.2) is 0 Å². The first-order valence-electron chi connectivity index (χ1n) is 3.04. The van der Waals surface area contributed by atoms with Crippen molar-refractivity contribution in [3.05, 3.63) is 0 Å². The zero-order chi connectivity index (χ0) is 6.20. The third-order valence-electron chi connectivity index (χ3n) is 1.78. The van der Waals surface area contributed by atoms with Crippen LogP contribution in [0.4, 0.5) is 0 Å². The predicted molar refractivity (Wildman–Crippen MR) is 39.9 cm³/mol. The Morgan fingerprint density at radius 2 is 1.89 bits per heavy atom. The number of aliphatic hydroxyl groups is 1. The molecule has 0 unspecified atom stereocenters. The van der Waals surface area contributed by atoms with Gasteiger partial charge in [-0.05, 0) is 13.8 Å². The molecular formula is C6H14ClNO. The molecule has 1 fully saturated rings. The first-order chi connectivity index (χ1) is 3.61. The van der Waals surface area contributed by atoms with Gasteiger partial charge in [0, 0.05) is 19.0 Å². The van der Waals surface area contributed by atoms with Gasteiger partial charge < -0.3 is 10.4 Å². The molecule has 1 saturated heterocycles. The van der Waals surface area contributed by atoms with Crippen molar-refractivity contribution in [1.29, 1.82) is 0 Å². The van der Waals surface area contributed by atoms with E-state index in [-0.39, 0.29) is 12.4 Å². The molecule has 1 heterocycles. The highest BCUT2D eigenvalue weighted by atomic mass is 35.5. The molecule has 1 rings (SSSR count). The Labute approximate surface area is 62.1 Å². The van der Waals surface area contributed by atoms with Gasteiger partial charge >= 0.3 is 0 Å². The van der Waals surface area contributed by atoms with Crippen molar-refractivity contribution in [2.24, 2.45) is 5.92 Å². The summed E-state index contributed by atoms with van der Waals surface area (Å²) in [6.45, 7) is 5.67. The lowest BCUT2D eigenvalue weighted by Gasteiger charge is -2.36. The molecule has 0 radical (unpaired) electrons. The van der Waals surface area contributed by atoms with Gasteiger partial charge in [-0.1, -0.05) is 0 Å². The first-order valence-corrected chi connectivity index (χ1v) is 3.04. The number of nitrogens with one attached hydrogen (secondary N) is 1. The Morgan fingerprint density at radius 1 is 1.44 bits per heavy atom. The zero-order valence-electron chi connectivity index (χ0n) is 5.85. The molecule has 1 aliphatic heterocycles. The van der Waals surface area contributed by atoms with E-state index >= 15 is 0 Å². The van der Waals surface area contributed by atoms with Gasteiger partial charge in [-0.15, -0.1) is 12.4 Å². The fourth-order valence-electron chi connectivity index (χ4n) is 0.788. The fraction of sp³-hybridized carbons (Fsp3) is 1.00. The van der Waals surface area contributed by atoms with Crippen LogP contribution in [0.25, 0.3) is 0 Å². The third kappa shape index (κ3) is 2.12. The standard InChI is InChI=1S/C6H13NO.ClH/c1-6(2,8)5-3-7-4-5;/h5,7-8H,3-4H2,1-2H3;1H. The summed E-state index contributed by atoms with van der Waals surface area (Å²) in [5.41, 5.74) is -0.467. The highest BCUT2D eigenvalue weighted by Crippen LogP contribution is 2.19. The van der Waals surface area contributed by atoms with Crippen molar-refractivity contribution in [2.75, 3.05) is 13.1 Å². The summed E-state index contributed by atoms with van der Waals surface area (Å²) in [5.74, 6) is 0.475. The van der Waals surface area contributed by atoms with Gasteiger partial charge in [0.2, 0.25) is 0 Å². The van der Waals surface area contributed by atoms with E-state index in [1.54, 1.807) is 0 Å². The van der Waals surface area contributed by atoms with Crippen LogP contribution in [0.3, 0.4) is 0 Å². The van der Waals surface area contributed by atoms with Crippen molar-refractivity contribution in [3.63, 3.8) is 0 Å². The van der Waals surface area contributed by atoms with Crippen LogP contribution in [0.2, 0.25) is 0 Å². The van der Waals surface area contributed by atoms with Crippen molar-refractivity contribution >= 4 is 12.4 Å². The van der Waals surface area contributed by atoms with E-state index in [9.17, 15) is 5.11 Å². The lowest BCUT2D eigenvalue weighted by atomic mass is 9.86. The summed E-state index contributed by atoms with van der Waals surface area (Å²) in [5, 5.41) is 12.4. The van der Waals surface area contributed by atoms with Crippen LogP contribution in [0.5, 0.6) is 0 Å².